The molecule has 1 saturated heterocycles. The topological polar surface area (TPSA) is 55.6 Å². The predicted molar refractivity (Wildman–Crippen MR) is 89.7 cm³/mol. The summed E-state index contributed by atoms with van der Waals surface area (Å²) in [4.78, 5) is 15.7. The van der Waals surface area contributed by atoms with Crippen molar-refractivity contribution in [1.29, 1.82) is 0 Å². The van der Waals surface area contributed by atoms with Crippen molar-refractivity contribution in [2.45, 2.75) is 38.0 Å². The first kappa shape index (κ1) is 16.8. The molecule has 21 heavy (non-hydrogen) atoms. The van der Waals surface area contributed by atoms with Crippen LogP contribution in [0.4, 0.5) is 0 Å². The maximum atomic E-state index is 12.6. The van der Waals surface area contributed by atoms with Gasteiger partial charge in [-0.05, 0) is 42.7 Å². The highest BCUT2D eigenvalue weighted by Gasteiger charge is 2.26. The second-order valence-corrected chi connectivity index (χ2v) is 7.34. The van der Waals surface area contributed by atoms with E-state index in [1.165, 1.54) is 4.88 Å². The van der Waals surface area contributed by atoms with Crippen molar-refractivity contribution in [2.24, 2.45) is 5.73 Å². The molecule has 0 aliphatic carbocycles. The number of nitrogens with zero attached hydrogens (tertiary/aromatic N) is 1. The fourth-order valence-electron chi connectivity index (χ4n) is 2.46. The lowest BCUT2D eigenvalue weighted by Crippen LogP contribution is -2.46. The second kappa shape index (κ2) is 8.78. The lowest BCUT2D eigenvalue weighted by atomic mass is 10.1. The maximum absolute atomic E-state index is 12.6. The Morgan fingerprint density at radius 3 is 3.14 bits per heavy atom. The molecular weight excluding hydrogens is 304 g/mol. The number of thiophene rings is 1. The summed E-state index contributed by atoms with van der Waals surface area (Å²) < 4.78 is 5.68. The van der Waals surface area contributed by atoms with Crippen molar-refractivity contribution in [1.82, 2.24) is 4.90 Å². The van der Waals surface area contributed by atoms with E-state index < -0.39 is 6.04 Å². The molecule has 1 unspecified atom stereocenters. The molecule has 1 aliphatic heterocycles. The van der Waals surface area contributed by atoms with Gasteiger partial charge in [0.1, 0.15) is 0 Å². The van der Waals surface area contributed by atoms with Crippen LogP contribution in [-0.2, 0) is 16.1 Å². The Hall–Kier alpha value is -0.560. The molecular formula is C15H24N2O2S2. The van der Waals surface area contributed by atoms with Gasteiger partial charge >= 0.3 is 0 Å². The van der Waals surface area contributed by atoms with Gasteiger partial charge in [0.25, 0.3) is 0 Å². The summed E-state index contributed by atoms with van der Waals surface area (Å²) in [6.07, 6.45) is 5.06. The quantitative estimate of drug-likeness (QED) is 0.796. The van der Waals surface area contributed by atoms with Gasteiger partial charge in [-0.15, -0.1) is 11.3 Å². The summed E-state index contributed by atoms with van der Waals surface area (Å²) in [5.74, 6) is 0.965. The molecule has 0 spiro atoms. The number of hydrogen-bond donors (Lipinski definition) is 1. The summed E-state index contributed by atoms with van der Waals surface area (Å²) in [5, 5.41) is 2.04. The first-order valence-corrected chi connectivity index (χ1v) is 9.65. The number of nitrogens with two attached hydrogens (primary N) is 1. The standard InChI is InChI=1S/C15H24N2O2S2/c1-20-9-6-14(16)15(18)17(10-12-4-2-7-19-12)11-13-5-3-8-21-13/h3,5,8,12,14H,2,4,6-7,9-11,16H2,1H3/t12?,14-/m1/s1. The number of carbonyl (C=O) groups is 1. The third kappa shape index (κ3) is 5.29. The average molecular weight is 329 g/mol. The Labute approximate surface area is 135 Å². The Morgan fingerprint density at radius 2 is 2.52 bits per heavy atom. The normalized spacial score (nSPS) is 19.6. The highest BCUT2D eigenvalue weighted by molar-refractivity contribution is 7.98. The van der Waals surface area contributed by atoms with Crippen molar-refractivity contribution in [2.75, 3.05) is 25.2 Å². The summed E-state index contributed by atoms with van der Waals surface area (Å²) >= 11 is 3.40. The van der Waals surface area contributed by atoms with Crippen molar-refractivity contribution >= 4 is 29.0 Å². The molecule has 2 atom stereocenters. The van der Waals surface area contributed by atoms with Gasteiger partial charge in [-0.3, -0.25) is 4.79 Å². The first-order valence-electron chi connectivity index (χ1n) is 7.38. The van der Waals surface area contributed by atoms with Crippen LogP contribution in [0.1, 0.15) is 24.1 Å². The molecule has 1 aliphatic rings. The highest BCUT2D eigenvalue weighted by Crippen LogP contribution is 2.18. The van der Waals surface area contributed by atoms with Gasteiger partial charge in [0.05, 0.1) is 18.7 Å². The van der Waals surface area contributed by atoms with E-state index in [9.17, 15) is 4.79 Å². The zero-order valence-corrected chi connectivity index (χ0v) is 14.1. The molecule has 6 heteroatoms. The molecule has 0 aromatic carbocycles. The molecule has 2 rings (SSSR count). The summed E-state index contributed by atoms with van der Waals surface area (Å²) in [7, 11) is 0. The molecule has 1 aromatic rings. The minimum absolute atomic E-state index is 0.0490. The van der Waals surface area contributed by atoms with Crippen molar-refractivity contribution in [3.8, 4) is 0 Å². The molecule has 1 aromatic heterocycles. The van der Waals surface area contributed by atoms with Crippen molar-refractivity contribution in [3.05, 3.63) is 22.4 Å². The van der Waals surface area contributed by atoms with Crippen LogP contribution in [0.5, 0.6) is 0 Å². The number of thioether (sulfide) groups is 1. The minimum atomic E-state index is -0.404. The molecule has 1 amide bonds. The smallest absolute Gasteiger partial charge is 0.239 e. The van der Waals surface area contributed by atoms with Gasteiger partial charge in [-0.25, -0.2) is 0 Å². The largest absolute Gasteiger partial charge is 0.376 e. The number of carbonyl (C=O) groups excluding carboxylic acids is 1. The van der Waals surface area contributed by atoms with E-state index in [0.29, 0.717) is 13.1 Å². The summed E-state index contributed by atoms with van der Waals surface area (Å²) in [5.41, 5.74) is 6.07. The van der Waals surface area contributed by atoms with E-state index in [4.69, 9.17) is 10.5 Å². The van der Waals surface area contributed by atoms with Gasteiger partial charge in [-0.2, -0.15) is 11.8 Å². The SMILES string of the molecule is CSCC[C@@H](N)C(=O)N(Cc1cccs1)CC1CCCO1. The van der Waals surface area contributed by atoms with Crippen LogP contribution in [0.15, 0.2) is 17.5 Å². The van der Waals surface area contributed by atoms with Gasteiger partial charge in [0.2, 0.25) is 5.91 Å². The third-order valence-corrected chi connectivity index (χ3v) is 5.14. The molecule has 118 valence electrons. The van der Waals surface area contributed by atoms with Gasteiger partial charge in [0, 0.05) is 18.0 Å². The van der Waals surface area contributed by atoms with Crippen LogP contribution >= 0.6 is 23.1 Å². The number of hydrogen-bond acceptors (Lipinski definition) is 5. The van der Waals surface area contributed by atoms with Crippen molar-refractivity contribution in [3.63, 3.8) is 0 Å². The summed E-state index contributed by atoms with van der Waals surface area (Å²) in [6, 6.07) is 3.68. The molecule has 2 N–H and O–H groups in total. The molecule has 0 saturated carbocycles. The van der Waals surface area contributed by atoms with Gasteiger partial charge in [0.15, 0.2) is 0 Å². The number of ether oxygens (including phenoxy) is 1. The minimum Gasteiger partial charge on any atom is -0.376 e. The zero-order chi connectivity index (χ0) is 15.1. The van der Waals surface area contributed by atoms with Gasteiger partial charge in [-0.1, -0.05) is 6.07 Å². The van der Waals surface area contributed by atoms with E-state index >= 15 is 0 Å². The fraction of sp³-hybridized carbons (Fsp3) is 0.667. The second-order valence-electron chi connectivity index (χ2n) is 5.32. The molecule has 0 radical (unpaired) electrons. The van der Waals surface area contributed by atoms with Crippen LogP contribution in [0, 0.1) is 0 Å². The van der Waals surface area contributed by atoms with Crippen LogP contribution in [0.25, 0.3) is 0 Å². The maximum Gasteiger partial charge on any atom is 0.239 e. The van der Waals surface area contributed by atoms with E-state index in [1.807, 2.05) is 22.6 Å². The van der Waals surface area contributed by atoms with E-state index in [-0.39, 0.29) is 12.0 Å². The molecule has 4 nitrogen and oxygen atoms in total. The van der Waals surface area contributed by atoms with E-state index in [1.54, 1.807) is 23.1 Å². The Morgan fingerprint density at radius 1 is 1.67 bits per heavy atom. The first-order chi connectivity index (χ1) is 10.2. The fourth-order valence-corrected chi connectivity index (χ4v) is 3.67. The molecule has 0 bridgehead atoms. The van der Waals surface area contributed by atoms with Crippen LogP contribution in [0.2, 0.25) is 0 Å². The van der Waals surface area contributed by atoms with Crippen molar-refractivity contribution < 1.29 is 9.53 Å². The van der Waals surface area contributed by atoms with Crippen LogP contribution in [-0.4, -0.2) is 48.1 Å². The van der Waals surface area contributed by atoms with Crippen LogP contribution in [0.3, 0.4) is 0 Å². The zero-order valence-electron chi connectivity index (χ0n) is 12.5. The third-order valence-electron chi connectivity index (χ3n) is 3.64. The number of rotatable bonds is 8. The average Bonchev–Trinajstić information content (AvgIpc) is 3.16. The molecule has 2 heterocycles. The lowest BCUT2D eigenvalue weighted by molar-refractivity contribution is -0.134. The Bertz CT molecular complexity index is 419. The van der Waals surface area contributed by atoms with E-state index in [2.05, 4.69) is 6.07 Å². The molecule has 1 fully saturated rings. The van der Waals surface area contributed by atoms with Crippen LogP contribution < -0.4 is 5.73 Å². The predicted octanol–water partition coefficient (Wildman–Crippen LogP) is 2.34. The summed E-state index contributed by atoms with van der Waals surface area (Å²) in [6.45, 7) is 2.11. The number of amides is 1. The monoisotopic (exact) mass is 328 g/mol. The van der Waals surface area contributed by atoms with E-state index in [0.717, 1.165) is 31.6 Å². The highest BCUT2D eigenvalue weighted by atomic mass is 32.2. The lowest BCUT2D eigenvalue weighted by Gasteiger charge is -2.27. The van der Waals surface area contributed by atoms with Gasteiger partial charge < -0.3 is 15.4 Å². The Balaban J connectivity index is 1.97. The Kier molecular flexibility index (Phi) is 7.03.